The summed E-state index contributed by atoms with van der Waals surface area (Å²) >= 11 is 6.25. The zero-order chi connectivity index (χ0) is 13.9. The molecule has 1 heterocycles. The Kier molecular flexibility index (Phi) is 5.32. The van der Waals surface area contributed by atoms with Crippen molar-refractivity contribution in [1.29, 1.82) is 0 Å². The molecule has 0 radical (unpaired) electrons. The van der Waals surface area contributed by atoms with Gasteiger partial charge in [-0.1, -0.05) is 18.1 Å². The lowest BCUT2D eigenvalue weighted by Gasteiger charge is -2.31. The minimum atomic E-state index is -3.03. The lowest BCUT2D eigenvalue weighted by molar-refractivity contribution is 0.265. The summed E-state index contributed by atoms with van der Waals surface area (Å²) in [6.07, 6.45) is 11.3. The molecule has 2 aliphatic rings. The second-order valence-electron chi connectivity index (χ2n) is 5.92. The average molecular weight is 306 g/mol. The number of nitrogens with zero attached hydrogens (tertiary/aromatic N) is 1. The Balaban J connectivity index is 1.95. The number of alkyl halides is 1. The molecule has 1 saturated heterocycles. The van der Waals surface area contributed by atoms with E-state index in [1.54, 1.807) is 4.31 Å². The summed E-state index contributed by atoms with van der Waals surface area (Å²) in [7, 11) is -3.03. The molecule has 0 aromatic heterocycles. The van der Waals surface area contributed by atoms with Gasteiger partial charge in [0, 0.05) is 13.1 Å². The molecule has 110 valence electrons. The average Bonchev–Trinajstić information content (AvgIpc) is 2.53. The van der Waals surface area contributed by atoms with Crippen LogP contribution in [0.1, 0.15) is 44.9 Å². The molecular weight excluding hydrogens is 282 g/mol. The van der Waals surface area contributed by atoms with E-state index in [-0.39, 0.29) is 5.38 Å². The standard InChI is InChI=1S/C14H24ClNO2S/c1-19(17,18)16-8-4-6-13(11-16)9-12-5-2-3-7-14(15)10-12/h10,13-14H,2-9,11H2,1H3. The molecule has 3 nitrogen and oxygen atoms in total. The topological polar surface area (TPSA) is 37.4 Å². The van der Waals surface area contributed by atoms with E-state index in [2.05, 4.69) is 6.08 Å². The van der Waals surface area contributed by atoms with Gasteiger partial charge in [-0.25, -0.2) is 12.7 Å². The molecule has 1 fully saturated rings. The second kappa shape index (κ2) is 6.59. The maximum absolute atomic E-state index is 11.6. The van der Waals surface area contributed by atoms with Crippen LogP contribution in [0.15, 0.2) is 11.6 Å². The van der Waals surface area contributed by atoms with Crippen molar-refractivity contribution < 1.29 is 8.42 Å². The van der Waals surface area contributed by atoms with Crippen LogP contribution < -0.4 is 0 Å². The highest BCUT2D eigenvalue weighted by Crippen LogP contribution is 2.29. The van der Waals surface area contributed by atoms with E-state index in [1.807, 2.05) is 0 Å². The minimum Gasteiger partial charge on any atom is -0.213 e. The van der Waals surface area contributed by atoms with E-state index in [1.165, 1.54) is 24.7 Å². The number of piperidine rings is 1. The summed E-state index contributed by atoms with van der Waals surface area (Å²) in [5, 5.41) is 0.173. The largest absolute Gasteiger partial charge is 0.213 e. The quantitative estimate of drug-likeness (QED) is 0.593. The van der Waals surface area contributed by atoms with Gasteiger partial charge < -0.3 is 0 Å². The normalized spacial score (nSPS) is 30.7. The first-order valence-electron chi connectivity index (χ1n) is 7.24. The van der Waals surface area contributed by atoms with Crippen molar-refractivity contribution in [2.24, 2.45) is 5.92 Å². The molecule has 5 heteroatoms. The van der Waals surface area contributed by atoms with E-state index in [4.69, 9.17) is 11.6 Å². The Morgan fingerprint density at radius 3 is 2.84 bits per heavy atom. The number of hydrogen-bond acceptors (Lipinski definition) is 2. The Labute approximate surface area is 122 Å². The van der Waals surface area contributed by atoms with E-state index in [9.17, 15) is 8.42 Å². The molecule has 0 amide bonds. The minimum absolute atomic E-state index is 0.173. The molecule has 0 spiro atoms. The molecule has 1 aliphatic heterocycles. The van der Waals surface area contributed by atoms with Gasteiger partial charge in [-0.3, -0.25) is 0 Å². The van der Waals surface area contributed by atoms with Crippen LogP contribution in [-0.2, 0) is 10.0 Å². The number of rotatable bonds is 3. The maximum atomic E-state index is 11.6. The summed E-state index contributed by atoms with van der Waals surface area (Å²) in [5.74, 6) is 0.469. The van der Waals surface area contributed by atoms with E-state index >= 15 is 0 Å². The van der Waals surface area contributed by atoms with Gasteiger partial charge in [0.2, 0.25) is 10.0 Å². The van der Waals surface area contributed by atoms with Crippen molar-refractivity contribution in [2.45, 2.75) is 50.3 Å². The van der Waals surface area contributed by atoms with Crippen LogP contribution in [-0.4, -0.2) is 37.4 Å². The molecule has 2 unspecified atom stereocenters. The smallest absolute Gasteiger partial charge is 0.211 e. The number of sulfonamides is 1. The fourth-order valence-corrected chi connectivity index (χ4v) is 4.42. The predicted octanol–water partition coefficient (Wildman–Crippen LogP) is 3.16. The number of hydrogen-bond donors (Lipinski definition) is 0. The molecule has 0 saturated carbocycles. The van der Waals surface area contributed by atoms with Crippen molar-refractivity contribution >= 4 is 21.6 Å². The third-order valence-corrected chi connectivity index (χ3v) is 5.76. The zero-order valence-corrected chi connectivity index (χ0v) is 13.2. The summed E-state index contributed by atoms with van der Waals surface area (Å²) in [5.41, 5.74) is 1.44. The first-order chi connectivity index (χ1) is 8.95. The van der Waals surface area contributed by atoms with Crippen molar-refractivity contribution in [1.82, 2.24) is 4.31 Å². The Bertz CT molecular complexity index is 433. The summed E-state index contributed by atoms with van der Waals surface area (Å²) < 4.78 is 24.9. The summed E-state index contributed by atoms with van der Waals surface area (Å²) in [6, 6.07) is 0. The van der Waals surface area contributed by atoms with Crippen LogP contribution in [0.2, 0.25) is 0 Å². The Morgan fingerprint density at radius 2 is 2.11 bits per heavy atom. The Hall–Kier alpha value is -0.0600. The molecule has 19 heavy (non-hydrogen) atoms. The molecule has 0 bridgehead atoms. The third kappa shape index (κ3) is 4.76. The van der Waals surface area contributed by atoms with Gasteiger partial charge in [-0.2, -0.15) is 0 Å². The molecule has 0 aromatic rings. The zero-order valence-electron chi connectivity index (χ0n) is 11.6. The SMILES string of the molecule is CS(=O)(=O)N1CCCC(CC2=CC(Cl)CCCC2)C1. The highest BCUT2D eigenvalue weighted by molar-refractivity contribution is 7.88. The van der Waals surface area contributed by atoms with Gasteiger partial charge in [-0.15, -0.1) is 11.6 Å². The second-order valence-corrected chi connectivity index (χ2v) is 8.46. The van der Waals surface area contributed by atoms with Gasteiger partial charge in [0.25, 0.3) is 0 Å². The van der Waals surface area contributed by atoms with Crippen LogP contribution in [0.3, 0.4) is 0 Å². The first-order valence-corrected chi connectivity index (χ1v) is 9.52. The third-order valence-electron chi connectivity index (χ3n) is 4.15. The van der Waals surface area contributed by atoms with Crippen LogP contribution in [0.5, 0.6) is 0 Å². The lowest BCUT2D eigenvalue weighted by atomic mass is 9.90. The highest BCUT2D eigenvalue weighted by Gasteiger charge is 2.26. The molecule has 0 aromatic carbocycles. The van der Waals surface area contributed by atoms with Crippen molar-refractivity contribution in [3.63, 3.8) is 0 Å². The van der Waals surface area contributed by atoms with Gasteiger partial charge in [0.05, 0.1) is 11.6 Å². The molecule has 0 N–H and O–H groups in total. The summed E-state index contributed by atoms with van der Waals surface area (Å²) in [6.45, 7) is 1.37. The van der Waals surface area contributed by atoms with Crippen molar-refractivity contribution in [3.05, 3.63) is 11.6 Å². The fraction of sp³-hybridized carbons (Fsp3) is 0.857. The lowest BCUT2D eigenvalue weighted by Crippen LogP contribution is -2.39. The van der Waals surface area contributed by atoms with Gasteiger partial charge in [0.1, 0.15) is 0 Å². The van der Waals surface area contributed by atoms with Gasteiger partial charge in [-0.05, 0) is 44.4 Å². The predicted molar refractivity (Wildman–Crippen MR) is 79.9 cm³/mol. The molecule has 2 rings (SSSR count). The van der Waals surface area contributed by atoms with Crippen LogP contribution >= 0.6 is 11.6 Å². The van der Waals surface area contributed by atoms with E-state index in [0.29, 0.717) is 19.0 Å². The monoisotopic (exact) mass is 305 g/mol. The van der Waals surface area contributed by atoms with E-state index in [0.717, 1.165) is 32.1 Å². The van der Waals surface area contributed by atoms with Gasteiger partial charge in [0.15, 0.2) is 0 Å². The molecule has 1 aliphatic carbocycles. The molecule has 2 atom stereocenters. The Morgan fingerprint density at radius 1 is 1.32 bits per heavy atom. The van der Waals surface area contributed by atoms with Crippen LogP contribution in [0.25, 0.3) is 0 Å². The highest BCUT2D eigenvalue weighted by atomic mass is 35.5. The first kappa shape index (κ1) is 15.3. The van der Waals surface area contributed by atoms with E-state index < -0.39 is 10.0 Å². The van der Waals surface area contributed by atoms with Crippen molar-refractivity contribution in [2.75, 3.05) is 19.3 Å². The van der Waals surface area contributed by atoms with Crippen molar-refractivity contribution in [3.8, 4) is 0 Å². The fourth-order valence-electron chi connectivity index (χ4n) is 3.15. The molecular formula is C14H24ClNO2S. The van der Waals surface area contributed by atoms with Gasteiger partial charge >= 0.3 is 0 Å². The number of halogens is 1. The van der Waals surface area contributed by atoms with Crippen LogP contribution in [0, 0.1) is 5.92 Å². The number of allylic oxidation sites excluding steroid dienone is 2. The summed E-state index contributed by atoms with van der Waals surface area (Å²) in [4.78, 5) is 0. The maximum Gasteiger partial charge on any atom is 0.211 e. The van der Waals surface area contributed by atoms with Crippen LogP contribution in [0.4, 0.5) is 0 Å².